The van der Waals surface area contributed by atoms with Gasteiger partial charge in [-0.05, 0) is 37.9 Å². The number of ether oxygens (including phenoxy) is 2. The van der Waals surface area contributed by atoms with Gasteiger partial charge in [0.25, 0.3) is 5.69 Å². The van der Waals surface area contributed by atoms with Crippen molar-refractivity contribution in [3.8, 4) is 0 Å². The number of nitro benzene ring substituents is 1. The van der Waals surface area contributed by atoms with Crippen molar-refractivity contribution in [1.29, 1.82) is 0 Å². The molecule has 292 valence electrons. The first kappa shape index (κ1) is 45.3. The summed E-state index contributed by atoms with van der Waals surface area (Å²) in [6, 6.07) is 6.20. The maximum absolute atomic E-state index is 12.7. The molecule has 0 saturated carbocycles. The summed E-state index contributed by atoms with van der Waals surface area (Å²) in [6.07, 6.45) is 2.04. The number of methoxy groups -OCH3 is 2. The SMILES string of the molecule is COC(=O)CCN(CCCNC(=O)CCN(CCC(=O)NCCCN(CCC(=O)O)CCC(=O)OC)CCc1ccc([N+](=O)[O-])cc1)CCC(=O)O. The van der Waals surface area contributed by atoms with Crippen LogP contribution in [0.1, 0.15) is 56.9 Å². The number of carboxylic acids is 2. The number of aliphatic carboxylic acids is 2. The minimum absolute atomic E-state index is 0.0177. The molecule has 0 aliphatic carbocycles. The Morgan fingerprint density at radius 1 is 0.615 bits per heavy atom. The molecular weight excluding hydrogens is 684 g/mol. The van der Waals surface area contributed by atoms with Gasteiger partial charge < -0.3 is 45.0 Å². The molecule has 0 aromatic heterocycles. The summed E-state index contributed by atoms with van der Waals surface area (Å²) in [4.78, 5) is 86.6. The van der Waals surface area contributed by atoms with Crippen LogP contribution >= 0.6 is 0 Å². The number of carboxylic acid groups (broad SMARTS) is 2. The number of nitrogens with one attached hydrogen (secondary N) is 2. The third kappa shape index (κ3) is 22.9. The van der Waals surface area contributed by atoms with E-state index >= 15 is 0 Å². The van der Waals surface area contributed by atoms with Crippen molar-refractivity contribution in [2.24, 2.45) is 0 Å². The minimum Gasteiger partial charge on any atom is -0.481 e. The molecule has 0 heterocycles. The molecule has 18 nitrogen and oxygen atoms in total. The largest absolute Gasteiger partial charge is 0.481 e. The molecule has 1 aromatic rings. The number of non-ortho nitro benzene ring substituents is 1. The van der Waals surface area contributed by atoms with Gasteiger partial charge in [-0.2, -0.15) is 0 Å². The molecule has 0 bridgehead atoms. The number of amides is 2. The van der Waals surface area contributed by atoms with Crippen molar-refractivity contribution in [1.82, 2.24) is 25.3 Å². The van der Waals surface area contributed by atoms with E-state index in [9.17, 15) is 38.9 Å². The molecule has 18 heteroatoms. The van der Waals surface area contributed by atoms with Crippen molar-refractivity contribution in [2.45, 2.75) is 57.8 Å². The van der Waals surface area contributed by atoms with Gasteiger partial charge in [-0.25, -0.2) is 0 Å². The summed E-state index contributed by atoms with van der Waals surface area (Å²) >= 11 is 0. The predicted octanol–water partition coefficient (Wildman–Crippen LogP) is 0.912. The van der Waals surface area contributed by atoms with E-state index in [4.69, 9.17) is 10.2 Å². The fourth-order valence-corrected chi connectivity index (χ4v) is 5.05. The zero-order valence-electron chi connectivity index (χ0n) is 30.2. The first-order chi connectivity index (χ1) is 24.8. The van der Waals surface area contributed by atoms with Crippen LogP contribution in [-0.2, 0) is 44.7 Å². The van der Waals surface area contributed by atoms with E-state index in [1.807, 2.05) is 14.7 Å². The van der Waals surface area contributed by atoms with E-state index in [0.29, 0.717) is 78.2 Å². The molecule has 0 aliphatic heterocycles. The highest BCUT2D eigenvalue weighted by Gasteiger charge is 2.15. The van der Waals surface area contributed by atoms with Gasteiger partial charge in [0.2, 0.25) is 11.8 Å². The maximum Gasteiger partial charge on any atom is 0.306 e. The fourth-order valence-electron chi connectivity index (χ4n) is 5.05. The molecule has 52 heavy (non-hydrogen) atoms. The van der Waals surface area contributed by atoms with Crippen LogP contribution in [0.3, 0.4) is 0 Å². The van der Waals surface area contributed by atoms with Crippen LogP contribution in [-0.4, -0.2) is 152 Å². The number of carbonyl (C=O) groups excluding carboxylic acids is 4. The Morgan fingerprint density at radius 3 is 1.38 bits per heavy atom. The zero-order chi connectivity index (χ0) is 38.7. The summed E-state index contributed by atoms with van der Waals surface area (Å²) in [5.41, 5.74) is 0.847. The fraction of sp³-hybridized carbons (Fsp3) is 0.647. The van der Waals surface area contributed by atoms with Gasteiger partial charge in [-0.15, -0.1) is 0 Å². The van der Waals surface area contributed by atoms with Crippen molar-refractivity contribution in [2.75, 3.05) is 86.2 Å². The number of carbonyl (C=O) groups is 6. The highest BCUT2D eigenvalue weighted by Crippen LogP contribution is 2.13. The third-order valence-corrected chi connectivity index (χ3v) is 8.12. The van der Waals surface area contributed by atoms with Crippen LogP contribution in [0.15, 0.2) is 24.3 Å². The quantitative estimate of drug-likeness (QED) is 0.0371. The van der Waals surface area contributed by atoms with Gasteiger partial charge in [0.1, 0.15) is 0 Å². The zero-order valence-corrected chi connectivity index (χ0v) is 30.2. The van der Waals surface area contributed by atoms with Crippen molar-refractivity contribution in [3.63, 3.8) is 0 Å². The number of nitrogens with zero attached hydrogens (tertiary/aromatic N) is 4. The van der Waals surface area contributed by atoms with Gasteiger partial charge in [-0.3, -0.25) is 38.9 Å². The Hall–Kier alpha value is -4.68. The standard InChI is InChI=1S/C34H54N6O12/c1-51-33(47)14-25-37(23-12-31(43)44)18-3-16-35-29(41)10-21-39(20-9-27-5-7-28(8-6-27)40(49)50)22-11-30(42)36-17-4-19-38(24-13-32(45)46)26-15-34(48)52-2/h5-8H,3-4,9-26H2,1-2H3,(H,35,41)(H,36,42)(H,43,44)(H,45,46). The Balaban J connectivity index is 2.64. The number of benzene rings is 1. The van der Waals surface area contributed by atoms with Gasteiger partial charge >= 0.3 is 23.9 Å². The van der Waals surface area contributed by atoms with Crippen molar-refractivity contribution < 1.29 is 53.4 Å². The summed E-state index contributed by atoms with van der Waals surface area (Å²) in [5, 5.41) is 34.8. The maximum atomic E-state index is 12.7. The Kier molecular flexibility index (Phi) is 23.6. The average Bonchev–Trinajstić information content (AvgIpc) is 3.12. The first-order valence-corrected chi connectivity index (χ1v) is 17.3. The number of rotatable bonds is 30. The van der Waals surface area contributed by atoms with Crippen LogP contribution < -0.4 is 10.6 Å². The van der Waals surface area contributed by atoms with E-state index in [1.54, 1.807) is 12.1 Å². The third-order valence-electron chi connectivity index (χ3n) is 8.12. The van der Waals surface area contributed by atoms with Crippen LogP contribution in [0.4, 0.5) is 5.69 Å². The predicted molar refractivity (Wildman–Crippen MR) is 188 cm³/mol. The molecular formula is C34H54N6O12. The molecule has 0 unspecified atom stereocenters. The summed E-state index contributed by atoms with van der Waals surface area (Å²) in [6.45, 7) is 4.08. The van der Waals surface area contributed by atoms with E-state index in [0.717, 1.165) is 5.56 Å². The lowest BCUT2D eigenvalue weighted by molar-refractivity contribution is -0.384. The molecule has 1 rings (SSSR count). The van der Waals surface area contributed by atoms with E-state index in [-0.39, 0.29) is 69.1 Å². The highest BCUT2D eigenvalue weighted by molar-refractivity contribution is 5.76. The molecule has 0 radical (unpaired) electrons. The number of esters is 2. The van der Waals surface area contributed by atoms with Gasteiger partial charge in [0.15, 0.2) is 0 Å². The van der Waals surface area contributed by atoms with Crippen LogP contribution in [0, 0.1) is 10.1 Å². The second-order valence-corrected chi connectivity index (χ2v) is 12.0. The van der Waals surface area contributed by atoms with Gasteiger partial charge in [0, 0.05) is 83.9 Å². The molecule has 0 saturated heterocycles. The Morgan fingerprint density at radius 2 is 1.00 bits per heavy atom. The average molecular weight is 739 g/mol. The lowest BCUT2D eigenvalue weighted by Gasteiger charge is -2.23. The van der Waals surface area contributed by atoms with E-state index in [1.165, 1.54) is 26.4 Å². The topological polar surface area (TPSA) is 238 Å². The monoisotopic (exact) mass is 738 g/mol. The second kappa shape index (κ2) is 27.0. The molecule has 0 spiro atoms. The second-order valence-electron chi connectivity index (χ2n) is 12.0. The summed E-state index contributed by atoms with van der Waals surface area (Å²) in [7, 11) is 2.57. The normalized spacial score (nSPS) is 11.0. The molecule has 2 amide bonds. The van der Waals surface area contributed by atoms with Crippen molar-refractivity contribution >= 4 is 41.4 Å². The molecule has 0 aliphatic rings. The molecule has 0 atom stereocenters. The Labute approximate surface area is 303 Å². The van der Waals surface area contributed by atoms with Gasteiger partial charge in [-0.1, -0.05) is 12.1 Å². The summed E-state index contributed by atoms with van der Waals surface area (Å²) < 4.78 is 9.31. The smallest absolute Gasteiger partial charge is 0.306 e. The molecule has 0 fully saturated rings. The lowest BCUT2D eigenvalue weighted by Crippen LogP contribution is -2.37. The molecule has 1 aromatic carbocycles. The van der Waals surface area contributed by atoms with Crippen LogP contribution in [0.2, 0.25) is 0 Å². The van der Waals surface area contributed by atoms with E-state index < -0.39 is 28.8 Å². The van der Waals surface area contributed by atoms with Crippen LogP contribution in [0.25, 0.3) is 0 Å². The Bertz CT molecular complexity index is 1210. The van der Waals surface area contributed by atoms with Crippen molar-refractivity contribution in [3.05, 3.63) is 39.9 Å². The first-order valence-electron chi connectivity index (χ1n) is 17.3. The van der Waals surface area contributed by atoms with Crippen LogP contribution in [0.5, 0.6) is 0 Å². The number of hydrogen-bond acceptors (Lipinski definition) is 13. The number of nitro groups is 1. The summed E-state index contributed by atoms with van der Waals surface area (Å²) in [5.74, 6) is -3.08. The minimum atomic E-state index is -0.947. The van der Waals surface area contributed by atoms with Gasteiger partial charge in [0.05, 0.1) is 44.8 Å². The molecule has 4 N–H and O–H groups in total. The lowest BCUT2D eigenvalue weighted by atomic mass is 10.1. The highest BCUT2D eigenvalue weighted by atomic mass is 16.6. The number of hydrogen-bond donors (Lipinski definition) is 4. The van der Waals surface area contributed by atoms with E-state index in [2.05, 4.69) is 20.1 Å².